The second kappa shape index (κ2) is 9.44. The molecular weight excluding hydrogens is 192 g/mol. The molecule has 3 nitrogen and oxygen atoms in total. The molecule has 0 heterocycles. The van der Waals surface area contributed by atoms with Crippen molar-refractivity contribution in [1.82, 2.24) is 0 Å². The van der Waals surface area contributed by atoms with Crippen molar-refractivity contribution < 1.29 is 14.2 Å². The zero-order valence-corrected chi connectivity index (χ0v) is 10.2. The first-order valence-electron chi connectivity index (χ1n) is 5.39. The zero-order valence-electron chi connectivity index (χ0n) is 10.2. The Balaban J connectivity index is 4.32. The summed E-state index contributed by atoms with van der Waals surface area (Å²) in [7, 11) is 3.25. The SMILES string of the molecule is CCCC(=COC)OC(=COC)CCC. The average molecular weight is 214 g/mol. The summed E-state index contributed by atoms with van der Waals surface area (Å²) in [5, 5.41) is 0. The van der Waals surface area contributed by atoms with E-state index in [0.29, 0.717) is 0 Å². The quantitative estimate of drug-likeness (QED) is 0.578. The Hall–Kier alpha value is -1.12. The maximum Gasteiger partial charge on any atom is 0.138 e. The second-order valence-corrected chi connectivity index (χ2v) is 3.24. The van der Waals surface area contributed by atoms with Gasteiger partial charge in [-0.25, -0.2) is 0 Å². The van der Waals surface area contributed by atoms with Crippen LogP contribution < -0.4 is 0 Å². The Bertz CT molecular complexity index is 185. The van der Waals surface area contributed by atoms with Crippen LogP contribution in [0.15, 0.2) is 24.0 Å². The van der Waals surface area contributed by atoms with Crippen LogP contribution in [0.2, 0.25) is 0 Å². The molecule has 0 spiro atoms. The van der Waals surface area contributed by atoms with E-state index in [2.05, 4.69) is 13.8 Å². The first-order chi connectivity index (χ1) is 7.28. The molecule has 0 aliphatic heterocycles. The summed E-state index contributed by atoms with van der Waals surface area (Å²) in [6, 6.07) is 0. The van der Waals surface area contributed by atoms with Crippen molar-refractivity contribution in [2.75, 3.05) is 14.2 Å². The Morgan fingerprint density at radius 3 is 1.53 bits per heavy atom. The fourth-order valence-electron chi connectivity index (χ4n) is 1.19. The van der Waals surface area contributed by atoms with E-state index >= 15 is 0 Å². The summed E-state index contributed by atoms with van der Waals surface area (Å²) in [4.78, 5) is 0. The van der Waals surface area contributed by atoms with Crippen molar-refractivity contribution in [2.24, 2.45) is 0 Å². The molecule has 15 heavy (non-hydrogen) atoms. The van der Waals surface area contributed by atoms with Crippen molar-refractivity contribution in [3.05, 3.63) is 24.0 Å². The third-order valence-corrected chi connectivity index (χ3v) is 1.75. The predicted octanol–water partition coefficient (Wildman–Crippen LogP) is 3.58. The lowest BCUT2D eigenvalue weighted by Crippen LogP contribution is -1.95. The van der Waals surface area contributed by atoms with Crippen LogP contribution in [0.1, 0.15) is 39.5 Å². The van der Waals surface area contributed by atoms with Crippen LogP contribution in [0.4, 0.5) is 0 Å². The normalized spacial score (nSPS) is 12.5. The van der Waals surface area contributed by atoms with Gasteiger partial charge in [0, 0.05) is 12.8 Å². The lowest BCUT2D eigenvalue weighted by atomic mass is 10.3. The van der Waals surface area contributed by atoms with Gasteiger partial charge >= 0.3 is 0 Å². The minimum absolute atomic E-state index is 0.844. The molecule has 0 amide bonds. The van der Waals surface area contributed by atoms with Gasteiger partial charge in [-0.15, -0.1) is 0 Å². The lowest BCUT2D eigenvalue weighted by molar-refractivity contribution is 0.217. The van der Waals surface area contributed by atoms with E-state index in [9.17, 15) is 0 Å². The highest BCUT2D eigenvalue weighted by atomic mass is 16.5. The van der Waals surface area contributed by atoms with Crippen LogP contribution in [0.5, 0.6) is 0 Å². The van der Waals surface area contributed by atoms with Gasteiger partial charge in [0.1, 0.15) is 24.0 Å². The molecule has 0 saturated heterocycles. The van der Waals surface area contributed by atoms with Crippen LogP contribution >= 0.6 is 0 Å². The monoisotopic (exact) mass is 214 g/mol. The number of methoxy groups -OCH3 is 2. The third kappa shape index (κ3) is 6.89. The molecule has 0 aromatic carbocycles. The fourth-order valence-corrected chi connectivity index (χ4v) is 1.19. The molecule has 0 N–H and O–H groups in total. The van der Waals surface area contributed by atoms with Gasteiger partial charge < -0.3 is 14.2 Å². The van der Waals surface area contributed by atoms with Crippen molar-refractivity contribution in [1.29, 1.82) is 0 Å². The van der Waals surface area contributed by atoms with E-state index in [0.717, 1.165) is 37.2 Å². The van der Waals surface area contributed by atoms with Crippen LogP contribution in [-0.4, -0.2) is 14.2 Å². The molecule has 0 aromatic heterocycles. The molecule has 0 radical (unpaired) electrons. The van der Waals surface area contributed by atoms with Gasteiger partial charge in [-0.3, -0.25) is 0 Å². The highest BCUT2D eigenvalue weighted by Gasteiger charge is 2.03. The number of rotatable bonds is 8. The van der Waals surface area contributed by atoms with Crippen LogP contribution in [0.3, 0.4) is 0 Å². The van der Waals surface area contributed by atoms with Crippen LogP contribution in [-0.2, 0) is 14.2 Å². The van der Waals surface area contributed by atoms with E-state index in [1.807, 2.05) is 0 Å². The molecule has 0 aliphatic carbocycles. The fraction of sp³-hybridized carbons (Fsp3) is 0.667. The minimum Gasteiger partial charge on any atom is -0.501 e. The molecule has 0 unspecified atom stereocenters. The van der Waals surface area contributed by atoms with Crippen molar-refractivity contribution in [2.45, 2.75) is 39.5 Å². The zero-order chi connectivity index (χ0) is 11.5. The van der Waals surface area contributed by atoms with E-state index in [1.54, 1.807) is 26.7 Å². The van der Waals surface area contributed by atoms with E-state index in [1.165, 1.54) is 0 Å². The van der Waals surface area contributed by atoms with E-state index in [-0.39, 0.29) is 0 Å². The number of ether oxygens (including phenoxy) is 3. The molecule has 0 fully saturated rings. The molecule has 0 saturated carbocycles. The topological polar surface area (TPSA) is 27.7 Å². The van der Waals surface area contributed by atoms with Gasteiger partial charge in [-0.1, -0.05) is 13.8 Å². The Morgan fingerprint density at radius 2 is 1.27 bits per heavy atom. The Morgan fingerprint density at radius 1 is 0.867 bits per heavy atom. The van der Waals surface area contributed by atoms with Gasteiger partial charge in [0.15, 0.2) is 0 Å². The maximum absolute atomic E-state index is 5.68. The number of allylic oxidation sites excluding steroid dienone is 2. The van der Waals surface area contributed by atoms with Gasteiger partial charge in [0.05, 0.1) is 14.2 Å². The van der Waals surface area contributed by atoms with Gasteiger partial charge in [0.2, 0.25) is 0 Å². The summed E-state index contributed by atoms with van der Waals surface area (Å²) in [6.45, 7) is 4.21. The van der Waals surface area contributed by atoms with Crippen molar-refractivity contribution in [3.8, 4) is 0 Å². The van der Waals surface area contributed by atoms with Gasteiger partial charge in [0.25, 0.3) is 0 Å². The molecular formula is C12H22O3. The van der Waals surface area contributed by atoms with Gasteiger partial charge in [-0.2, -0.15) is 0 Å². The highest BCUT2D eigenvalue weighted by molar-refractivity contribution is 4.97. The second-order valence-electron chi connectivity index (χ2n) is 3.24. The standard InChI is InChI=1S/C12H22O3/c1-5-7-11(9-13-3)15-12(8-6-2)10-14-4/h9-10H,5-8H2,1-4H3. The molecule has 88 valence electrons. The highest BCUT2D eigenvalue weighted by Crippen LogP contribution is 2.16. The van der Waals surface area contributed by atoms with E-state index < -0.39 is 0 Å². The maximum atomic E-state index is 5.68. The smallest absolute Gasteiger partial charge is 0.138 e. The predicted molar refractivity (Wildman–Crippen MR) is 61.1 cm³/mol. The summed E-state index contributed by atoms with van der Waals surface area (Å²) < 4.78 is 15.6. The largest absolute Gasteiger partial charge is 0.501 e. The van der Waals surface area contributed by atoms with Gasteiger partial charge in [-0.05, 0) is 12.8 Å². The summed E-state index contributed by atoms with van der Waals surface area (Å²) in [6.07, 6.45) is 7.09. The first kappa shape index (κ1) is 13.9. The molecule has 0 atom stereocenters. The van der Waals surface area contributed by atoms with Crippen LogP contribution in [0.25, 0.3) is 0 Å². The molecule has 0 aromatic rings. The number of hydrogen-bond donors (Lipinski definition) is 0. The molecule has 0 aliphatic rings. The third-order valence-electron chi connectivity index (χ3n) is 1.75. The van der Waals surface area contributed by atoms with Crippen molar-refractivity contribution >= 4 is 0 Å². The summed E-state index contributed by atoms with van der Waals surface area (Å²) >= 11 is 0. The summed E-state index contributed by atoms with van der Waals surface area (Å²) in [5.74, 6) is 1.69. The van der Waals surface area contributed by atoms with Crippen LogP contribution in [0, 0.1) is 0 Å². The Labute approximate surface area is 92.7 Å². The van der Waals surface area contributed by atoms with Crippen molar-refractivity contribution in [3.63, 3.8) is 0 Å². The average Bonchev–Trinajstić information content (AvgIpc) is 2.19. The van der Waals surface area contributed by atoms with E-state index in [4.69, 9.17) is 14.2 Å². The molecule has 0 rings (SSSR count). The Kier molecular flexibility index (Phi) is 8.73. The summed E-state index contributed by atoms with van der Waals surface area (Å²) in [5.41, 5.74) is 0. The number of hydrogen-bond acceptors (Lipinski definition) is 3. The first-order valence-corrected chi connectivity index (χ1v) is 5.39. The lowest BCUT2D eigenvalue weighted by Gasteiger charge is -2.11. The molecule has 3 heteroatoms. The molecule has 0 bridgehead atoms. The minimum atomic E-state index is 0.844.